The van der Waals surface area contributed by atoms with Gasteiger partial charge in [-0.25, -0.2) is 0 Å². The third-order valence-corrected chi connectivity index (χ3v) is 2.62. The van der Waals surface area contributed by atoms with Crippen LogP contribution in [0.1, 0.15) is 16.1 Å². The Morgan fingerprint density at radius 1 is 1.50 bits per heavy atom. The number of hydrogen-bond acceptors (Lipinski definition) is 4. The van der Waals surface area contributed by atoms with Gasteiger partial charge in [0.25, 0.3) is 5.91 Å². The minimum atomic E-state index is -0.469. The number of nitrogens with two attached hydrogens (primary N) is 1. The molecular weight excluding hydrogens is 206 g/mol. The van der Waals surface area contributed by atoms with E-state index >= 15 is 0 Å². The van der Waals surface area contributed by atoms with Gasteiger partial charge in [0.2, 0.25) is 0 Å². The zero-order valence-electron chi connectivity index (χ0n) is 9.06. The summed E-state index contributed by atoms with van der Waals surface area (Å²) in [6.45, 7) is 3.95. The fourth-order valence-corrected chi connectivity index (χ4v) is 1.79. The van der Waals surface area contributed by atoms with Crippen LogP contribution in [0.15, 0.2) is 18.3 Å². The molecule has 2 N–H and O–H groups in total. The molecule has 1 aliphatic heterocycles. The lowest BCUT2D eigenvalue weighted by Gasteiger charge is -2.26. The van der Waals surface area contributed by atoms with Gasteiger partial charge >= 0.3 is 0 Å². The number of primary amides is 1. The van der Waals surface area contributed by atoms with E-state index in [9.17, 15) is 4.79 Å². The zero-order valence-corrected chi connectivity index (χ0v) is 9.06. The molecule has 1 saturated heterocycles. The number of ether oxygens (including phenoxy) is 1. The van der Waals surface area contributed by atoms with Crippen molar-refractivity contribution in [3.63, 3.8) is 0 Å². The van der Waals surface area contributed by atoms with Gasteiger partial charge in [-0.2, -0.15) is 0 Å². The monoisotopic (exact) mass is 221 g/mol. The van der Waals surface area contributed by atoms with Crippen molar-refractivity contribution in [3.8, 4) is 0 Å². The van der Waals surface area contributed by atoms with Gasteiger partial charge in [-0.1, -0.05) is 6.07 Å². The Morgan fingerprint density at radius 2 is 2.25 bits per heavy atom. The van der Waals surface area contributed by atoms with Crippen molar-refractivity contribution in [2.45, 2.75) is 6.54 Å². The molecule has 0 saturated carbocycles. The van der Waals surface area contributed by atoms with E-state index in [4.69, 9.17) is 10.5 Å². The average Bonchev–Trinajstić information content (AvgIpc) is 2.31. The smallest absolute Gasteiger partial charge is 0.267 e. The third kappa shape index (κ3) is 2.56. The lowest BCUT2D eigenvalue weighted by atomic mass is 10.1. The van der Waals surface area contributed by atoms with E-state index in [1.807, 2.05) is 12.1 Å². The van der Waals surface area contributed by atoms with Crippen molar-refractivity contribution in [1.82, 2.24) is 9.88 Å². The van der Waals surface area contributed by atoms with Crippen LogP contribution in [0.25, 0.3) is 0 Å². The first-order valence-electron chi connectivity index (χ1n) is 5.31. The fourth-order valence-electron chi connectivity index (χ4n) is 1.79. The maximum Gasteiger partial charge on any atom is 0.267 e. The third-order valence-electron chi connectivity index (χ3n) is 2.62. The van der Waals surface area contributed by atoms with E-state index in [0.29, 0.717) is 12.2 Å². The van der Waals surface area contributed by atoms with Gasteiger partial charge in [0, 0.05) is 25.8 Å². The number of nitrogens with zero attached hydrogens (tertiary/aromatic N) is 2. The summed E-state index contributed by atoms with van der Waals surface area (Å²) in [5, 5.41) is 0. The van der Waals surface area contributed by atoms with Crippen LogP contribution in [0.3, 0.4) is 0 Å². The van der Waals surface area contributed by atoms with Crippen LogP contribution in [-0.2, 0) is 11.3 Å². The summed E-state index contributed by atoms with van der Waals surface area (Å²) in [6.07, 6.45) is 1.59. The summed E-state index contributed by atoms with van der Waals surface area (Å²) in [5.41, 5.74) is 6.53. The predicted octanol–water partition coefficient (Wildman–Crippen LogP) is 0.0127. The van der Waals surface area contributed by atoms with E-state index in [-0.39, 0.29) is 0 Å². The highest BCUT2D eigenvalue weighted by Gasteiger charge is 2.15. The summed E-state index contributed by atoms with van der Waals surface area (Å²) < 4.78 is 5.27. The van der Waals surface area contributed by atoms with Crippen LogP contribution in [0.5, 0.6) is 0 Å². The topological polar surface area (TPSA) is 68.5 Å². The van der Waals surface area contributed by atoms with E-state index in [1.54, 1.807) is 6.20 Å². The molecule has 0 aromatic carbocycles. The first kappa shape index (κ1) is 11.0. The van der Waals surface area contributed by atoms with Gasteiger partial charge < -0.3 is 10.5 Å². The highest BCUT2D eigenvalue weighted by molar-refractivity contribution is 5.92. The van der Waals surface area contributed by atoms with E-state index in [2.05, 4.69) is 9.88 Å². The molecule has 0 spiro atoms. The molecule has 0 aliphatic carbocycles. The summed E-state index contributed by atoms with van der Waals surface area (Å²) in [7, 11) is 0. The van der Waals surface area contributed by atoms with Gasteiger partial charge in [0.15, 0.2) is 0 Å². The lowest BCUT2D eigenvalue weighted by Crippen LogP contribution is -2.36. The number of hydrogen-bond donors (Lipinski definition) is 1. The molecule has 1 amide bonds. The standard InChI is InChI=1S/C11H15N3O2/c12-11(15)10-9(2-1-3-13-10)8-14-4-6-16-7-5-14/h1-3H,4-8H2,(H2,12,15). The number of pyridine rings is 1. The van der Waals surface area contributed by atoms with Crippen molar-refractivity contribution < 1.29 is 9.53 Å². The number of aromatic nitrogens is 1. The molecule has 5 nitrogen and oxygen atoms in total. The zero-order chi connectivity index (χ0) is 11.4. The Labute approximate surface area is 94.2 Å². The Morgan fingerprint density at radius 3 is 2.94 bits per heavy atom. The molecular formula is C11H15N3O2. The van der Waals surface area contributed by atoms with Crippen LogP contribution < -0.4 is 5.73 Å². The molecule has 2 rings (SSSR count). The lowest BCUT2D eigenvalue weighted by molar-refractivity contribution is 0.0340. The summed E-state index contributed by atoms with van der Waals surface area (Å²) >= 11 is 0. The van der Waals surface area contributed by atoms with Crippen molar-refractivity contribution in [2.75, 3.05) is 26.3 Å². The van der Waals surface area contributed by atoms with Gasteiger partial charge in [0.1, 0.15) is 5.69 Å². The second-order valence-electron chi connectivity index (χ2n) is 3.76. The second-order valence-corrected chi connectivity index (χ2v) is 3.76. The minimum Gasteiger partial charge on any atom is -0.379 e. The molecule has 1 fully saturated rings. The van der Waals surface area contributed by atoms with Gasteiger partial charge in [-0.15, -0.1) is 0 Å². The molecule has 0 unspecified atom stereocenters. The average molecular weight is 221 g/mol. The Bertz CT molecular complexity index is 375. The molecule has 0 atom stereocenters. The first-order chi connectivity index (χ1) is 7.77. The van der Waals surface area contributed by atoms with Gasteiger partial charge in [-0.05, 0) is 11.6 Å². The van der Waals surface area contributed by atoms with Crippen LogP contribution in [0.2, 0.25) is 0 Å². The molecule has 1 aromatic heterocycles. The quantitative estimate of drug-likeness (QED) is 0.780. The Balaban J connectivity index is 2.10. The maximum atomic E-state index is 11.2. The number of rotatable bonds is 3. The largest absolute Gasteiger partial charge is 0.379 e. The number of amides is 1. The highest BCUT2D eigenvalue weighted by atomic mass is 16.5. The van der Waals surface area contributed by atoms with Crippen LogP contribution in [0, 0.1) is 0 Å². The van der Waals surface area contributed by atoms with Crippen molar-refractivity contribution >= 4 is 5.91 Å². The SMILES string of the molecule is NC(=O)c1ncccc1CN1CCOCC1. The summed E-state index contributed by atoms with van der Waals surface area (Å²) in [6, 6.07) is 3.71. The Kier molecular flexibility index (Phi) is 3.48. The molecule has 16 heavy (non-hydrogen) atoms. The van der Waals surface area contributed by atoms with E-state index in [0.717, 1.165) is 31.9 Å². The predicted molar refractivity (Wildman–Crippen MR) is 58.9 cm³/mol. The second kappa shape index (κ2) is 5.05. The fraction of sp³-hybridized carbons (Fsp3) is 0.455. The number of carbonyl (C=O) groups excluding carboxylic acids is 1. The Hall–Kier alpha value is -1.46. The minimum absolute atomic E-state index is 0.369. The van der Waals surface area contributed by atoms with Gasteiger partial charge in [-0.3, -0.25) is 14.7 Å². The molecule has 2 heterocycles. The number of morpholine rings is 1. The molecule has 1 aliphatic rings. The molecule has 1 aromatic rings. The van der Waals surface area contributed by atoms with Gasteiger partial charge in [0.05, 0.1) is 13.2 Å². The summed E-state index contributed by atoms with van der Waals surface area (Å²) in [4.78, 5) is 17.4. The van der Waals surface area contributed by atoms with Crippen molar-refractivity contribution in [2.24, 2.45) is 5.73 Å². The van der Waals surface area contributed by atoms with Crippen LogP contribution in [0.4, 0.5) is 0 Å². The highest BCUT2D eigenvalue weighted by Crippen LogP contribution is 2.10. The van der Waals surface area contributed by atoms with Crippen molar-refractivity contribution in [1.29, 1.82) is 0 Å². The number of carbonyl (C=O) groups is 1. The van der Waals surface area contributed by atoms with Crippen molar-refractivity contribution in [3.05, 3.63) is 29.6 Å². The first-order valence-corrected chi connectivity index (χ1v) is 5.31. The van der Waals surface area contributed by atoms with E-state index in [1.165, 1.54) is 0 Å². The molecule has 86 valence electrons. The molecule has 5 heteroatoms. The van der Waals surface area contributed by atoms with Crippen LogP contribution >= 0.6 is 0 Å². The van der Waals surface area contributed by atoms with Crippen LogP contribution in [-0.4, -0.2) is 42.1 Å². The molecule has 0 radical (unpaired) electrons. The molecule has 0 bridgehead atoms. The van der Waals surface area contributed by atoms with E-state index < -0.39 is 5.91 Å². The summed E-state index contributed by atoms with van der Waals surface area (Å²) in [5.74, 6) is -0.469. The normalized spacial score (nSPS) is 17.2. The maximum absolute atomic E-state index is 11.2.